The number of anilines is 1. The summed E-state index contributed by atoms with van der Waals surface area (Å²) in [7, 11) is 0. The van der Waals surface area contributed by atoms with Crippen LogP contribution in [0.4, 0.5) is 5.69 Å². The van der Waals surface area contributed by atoms with Crippen LogP contribution in [0.3, 0.4) is 0 Å². The van der Waals surface area contributed by atoms with Crippen LogP contribution in [-0.2, 0) is 16.0 Å². The number of aryl methyl sites for hydroxylation is 1. The Labute approximate surface area is 183 Å². The Balaban J connectivity index is 1.62. The van der Waals surface area contributed by atoms with Gasteiger partial charge in [0.15, 0.2) is 18.1 Å². The van der Waals surface area contributed by atoms with Gasteiger partial charge in [0, 0.05) is 24.3 Å². The first kappa shape index (κ1) is 22.1. The molecule has 1 fully saturated rings. The summed E-state index contributed by atoms with van der Waals surface area (Å²) in [6.45, 7) is 7.29. The number of nitrogens with one attached hydrogen (secondary N) is 1. The Morgan fingerprint density at radius 3 is 2.47 bits per heavy atom. The first-order valence-electron chi connectivity index (χ1n) is 10.3. The molecule has 160 valence electrons. The topological polar surface area (TPSA) is 60.0 Å². The molecular weight excluding hydrogens is 400 g/mol. The number of hydrogen-bond acceptors (Lipinski definition) is 5. The van der Waals surface area contributed by atoms with Gasteiger partial charge in [-0.3, -0.25) is 4.79 Å². The van der Waals surface area contributed by atoms with E-state index in [1.54, 1.807) is 6.07 Å². The maximum Gasteiger partial charge on any atom is 0.262 e. The van der Waals surface area contributed by atoms with E-state index in [-0.39, 0.29) is 12.5 Å². The van der Waals surface area contributed by atoms with Crippen LogP contribution in [0.25, 0.3) is 0 Å². The quantitative estimate of drug-likeness (QED) is 0.648. The first-order valence-corrected chi connectivity index (χ1v) is 10.7. The molecular formula is C23H28N2O4S. The van der Waals surface area contributed by atoms with Gasteiger partial charge < -0.3 is 24.4 Å². The number of carbonyl (C=O) groups excluding carboxylic acids is 1. The molecule has 0 saturated carbocycles. The maximum absolute atomic E-state index is 12.3. The van der Waals surface area contributed by atoms with Crippen LogP contribution in [0.5, 0.6) is 11.5 Å². The number of morpholine rings is 1. The van der Waals surface area contributed by atoms with Gasteiger partial charge in [-0.2, -0.15) is 0 Å². The molecule has 1 amide bonds. The van der Waals surface area contributed by atoms with E-state index in [4.69, 9.17) is 26.4 Å². The van der Waals surface area contributed by atoms with Gasteiger partial charge in [0.2, 0.25) is 0 Å². The molecule has 3 rings (SSSR count). The molecule has 1 saturated heterocycles. The van der Waals surface area contributed by atoms with Crippen molar-refractivity contribution in [3.63, 3.8) is 0 Å². The average molecular weight is 429 g/mol. The highest BCUT2D eigenvalue weighted by molar-refractivity contribution is 7.80. The molecule has 7 heteroatoms. The molecule has 30 heavy (non-hydrogen) atoms. The minimum absolute atomic E-state index is 0.108. The number of thiocarbonyl (C=S) groups is 1. The van der Waals surface area contributed by atoms with Crippen LogP contribution >= 0.6 is 12.2 Å². The Morgan fingerprint density at radius 1 is 1.07 bits per heavy atom. The molecule has 2 aromatic carbocycles. The molecule has 0 bridgehead atoms. The van der Waals surface area contributed by atoms with Crippen molar-refractivity contribution in [1.29, 1.82) is 0 Å². The molecule has 0 aliphatic carbocycles. The van der Waals surface area contributed by atoms with Gasteiger partial charge in [-0.15, -0.1) is 0 Å². The first-order chi connectivity index (χ1) is 14.6. The summed E-state index contributed by atoms with van der Waals surface area (Å²) in [6.07, 6.45) is 0.961. The van der Waals surface area contributed by atoms with Crippen LogP contribution in [0.2, 0.25) is 0 Å². The van der Waals surface area contributed by atoms with Crippen LogP contribution in [0.15, 0.2) is 42.5 Å². The number of carbonyl (C=O) groups is 1. The van der Waals surface area contributed by atoms with Crippen LogP contribution in [-0.4, -0.2) is 55.3 Å². The number of benzene rings is 2. The van der Waals surface area contributed by atoms with Crippen molar-refractivity contribution < 1.29 is 19.0 Å². The third-order valence-electron chi connectivity index (χ3n) is 4.79. The smallest absolute Gasteiger partial charge is 0.262 e. The second-order valence-corrected chi connectivity index (χ2v) is 7.27. The zero-order chi connectivity index (χ0) is 21.3. The van der Waals surface area contributed by atoms with Crippen molar-refractivity contribution in [3.8, 4) is 11.5 Å². The van der Waals surface area contributed by atoms with E-state index in [1.165, 1.54) is 5.56 Å². The summed E-state index contributed by atoms with van der Waals surface area (Å²) in [6, 6.07) is 13.4. The summed E-state index contributed by atoms with van der Waals surface area (Å²) < 4.78 is 16.9. The summed E-state index contributed by atoms with van der Waals surface area (Å²) in [5.41, 5.74) is 2.86. The predicted molar refractivity (Wildman–Crippen MR) is 122 cm³/mol. The molecule has 6 nitrogen and oxygen atoms in total. The third-order valence-corrected chi connectivity index (χ3v) is 5.29. The standard InChI is InChI=1S/C23H28N2O4S/c1-3-17-5-8-19(9-6-17)24-22(26)16-29-20-10-7-18(15-21(20)28-4-2)23(30)25-11-13-27-14-12-25/h5-10,15H,3-4,11-14,16H2,1-2H3,(H,24,26). The van der Waals surface area contributed by atoms with Crippen LogP contribution in [0.1, 0.15) is 25.0 Å². The highest BCUT2D eigenvalue weighted by Crippen LogP contribution is 2.29. The normalized spacial score (nSPS) is 13.6. The number of nitrogens with zero attached hydrogens (tertiary/aromatic N) is 1. The Morgan fingerprint density at radius 2 is 1.80 bits per heavy atom. The van der Waals surface area contributed by atoms with Crippen molar-refractivity contribution in [3.05, 3.63) is 53.6 Å². The monoisotopic (exact) mass is 428 g/mol. The molecule has 1 N–H and O–H groups in total. The molecule has 0 aromatic heterocycles. The molecule has 2 aromatic rings. The van der Waals surface area contributed by atoms with Crippen molar-refractivity contribution in [2.75, 3.05) is 44.8 Å². The lowest BCUT2D eigenvalue weighted by Gasteiger charge is -2.29. The van der Waals surface area contributed by atoms with Gasteiger partial charge in [-0.25, -0.2) is 0 Å². The van der Waals surface area contributed by atoms with Gasteiger partial charge in [0.25, 0.3) is 5.91 Å². The molecule has 0 spiro atoms. The summed E-state index contributed by atoms with van der Waals surface area (Å²) in [5.74, 6) is 0.863. The molecule has 1 heterocycles. The van der Waals surface area contributed by atoms with Gasteiger partial charge in [-0.1, -0.05) is 31.3 Å². The summed E-state index contributed by atoms with van der Waals surface area (Å²) in [5, 5.41) is 2.84. The third kappa shape index (κ3) is 5.93. The second-order valence-electron chi connectivity index (χ2n) is 6.89. The van der Waals surface area contributed by atoms with Gasteiger partial charge >= 0.3 is 0 Å². The fourth-order valence-corrected chi connectivity index (χ4v) is 3.45. The van der Waals surface area contributed by atoms with Gasteiger partial charge in [0.05, 0.1) is 19.8 Å². The number of amides is 1. The highest BCUT2D eigenvalue weighted by atomic mass is 32.1. The van der Waals surface area contributed by atoms with E-state index in [0.717, 1.165) is 35.7 Å². The molecule has 1 aliphatic heterocycles. The average Bonchev–Trinajstić information content (AvgIpc) is 2.79. The van der Waals surface area contributed by atoms with E-state index >= 15 is 0 Å². The minimum Gasteiger partial charge on any atom is -0.490 e. The van der Waals surface area contributed by atoms with E-state index < -0.39 is 0 Å². The Kier molecular flexibility index (Phi) is 8.04. The molecule has 0 radical (unpaired) electrons. The van der Waals surface area contributed by atoms with Crippen molar-refractivity contribution >= 4 is 28.8 Å². The number of rotatable bonds is 8. The Hall–Kier alpha value is -2.64. The predicted octanol–water partition coefficient (Wildman–Crippen LogP) is 3.67. The summed E-state index contributed by atoms with van der Waals surface area (Å²) in [4.78, 5) is 15.2. The lowest BCUT2D eigenvalue weighted by Crippen LogP contribution is -2.40. The van der Waals surface area contributed by atoms with Crippen LogP contribution in [0, 0.1) is 0 Å². The minimum atomic E-state index is -0.227. The van der Waals surface area contributed by atoms with E-state index in [9.17, 15) is 4.79 Å². The summed E-state index contributed by atoms with van der Waals surface area (Å²) >= 11 is 5.63. The SMILES string of the molecule is CCOc1cc(C(=S)N2CCOCC2)ccc1OCC(=O)Nc1ccc(CC)cc1. The van der Waals surface area contributed by atoms with E-state index in [0.29, 0.717) is 31.3 Å². The fraction of sp³-hybridized carbons (Fsp3) is 0.391. The number of hydrogen-bond donors (Lipinski definition) is 1. The Bertz CT molecular complexity index is 864. The zero-order valence-corrected chi connectivity index (χ0v) is 18.3. The molecule has 0 unspecified atom stereocenters. The fourth-order valence-electron chi connectivity index (χ4n) is 3.14. The van der Waals surface area contributed by atoms with Crippen molar-refractivity contribution in [2.45, 2.75) is 20.3 Å². The van der Waals surface area contributed by atoms with Crippen molar-refractivity contribution in [2.24, 2.45) is 0 Å². The van der Waals surface area contributed by atoms with Gasteiger partial charge in [0.1, 0.15) is 4.99 Å². The lowest BCUT2D eigenvalue weighted by atomic mass is 10.1. The highest BCUT2D eigenvalue weighted by Gasteiger charge is 2.17. The maximum atomic E-state index is 12.3. The van der Waals surface area contributed by atoms with Crippen LogP contribution < -0.4 is 14.8 Å². The van der Waals surface area contributed by atoms with E-state index in [2.05, 4.69) is 17.1 Å². The zero-order valence-electron chi connectivity index (χ0n) is 17.5. The van der Waals surface area contributed by atoms with Gasteiger partial charge in [-0.05, 0) is 49.2 Å². The molecule has 1 aliphatic rings. The molecule has 0 atom stereocenters. The number of ether oxygens (including phenoxy) is 3. The van der Waals surface area contributed by atoms with E-state index in [1.807, 2.05) is 43.3 Å². The largest absolute Gasteiger partial charge is 0.490 e. The van der Waals surface area contributed by atoms with Crippen molar-refractivity contribution in [1.82, 2.24) is 4.90 Å². The second kappa shape index (κ2) is 10.9. The lowest BCUT2D eigenvalue weighted by molar-refractivity contribution is -0.118.